The van der Waals surface area contributed by atoms with Crippen molar-refractivity contribution in [2.75, 3.05) is 13.7 Å². The zero-order valence-corrected chi connectivity index (χ0v) is 22.1. The van der Waals surface area contributed by atoms with Gasteiger partial charge in [0.05, 0.1) is 13.5 Å². The van der Waals surface area contributed by atoms with E-state index >= 15 is 0 Å². The minimum Gasteiger partial charge on any atom is -0.497 e. The van der Waals surface area contributed by atoms with Crippen LogP contribution in [0.15, 0.2) is 65.6 Å². The molecule has 2 amide bonds. The van der Waals surface area contributed by atoms with Gasteiger partial charge in [-0.15, -0.1) is 11.8 Å². The average molecular weight is 539 g/mol. The molecule has 0 aromatic heterocycles. The Morgan fingerprint density at radius 2 is 1.71 bits per heavy atom. The molecule has 0 radical (unpaired) electrons. The molecular weight excluding hydrogens is 508 g/mol. The van der Waals surface area contributed by atoms with Gasteiger partial charge < -0.3 is 24.4 Å². The van der Waals surface area contributed by atoms with Crippen LogP contribution in [0.1, 0.15) is 30.9 Å². The zero-order chi connectivity index (χ0) is 27.1. The molecule has 0 saturated carbocycles. The highest BCUT2D eigenvalue weighted by molar-refractivity contribution is 8.02. The molecule has 4 rings (SSSR count). The van der Waals surface area contributed by atoms with Crippen LogP contribution >= 0.6 is 11.8 Å². The molecule has 1 saturated heterocycles. The van der Waals surface area contributed by atoms with Gasteiger partial charge in [0.2, 0.25) is 11.8 Å². The topological polar surface area (TPSA) is 111 Å². The first-order valence-electron chi connectivity index (χ1n) is 12.4. The van der Waals surface area contributed by atoms with Gasteiger partial charge in [0.1, 0.15) is 30.4 Å². The Morgan fingerprint density at radius 1 is 0.974 bits per heavy atom. The van der Waals surface area contributed by atoms with Gasteiger partial charge in [0.25, 0.3) is 0 Å². The quantitative estimate of drug-likeness (QED) is 0.343. The van der Waals surface area contributed by atoms with E-state index in [1.54, 1.807) is 36.8 Å². The Kier molecular flexibility index (Phi) is 9.06. The van der Waals surface area contributed by atoms with Gasteiger partial charge in [-0.2, -0.15) is 0 Å². The number of esters is 2. The number of methoxy groups -OCH3 is 1. The van der Waals surface area contributed by atoms with Crippen molar-refractivity contribution in [3.05, 3.63) is 76.7 Å². The molecule has 3 atom stereocenters. The molecule has 1 fully saturated rings. The second-order valence-electron chi connectivity index (χ2n) is 8.94. The van der Waals surface area contributed by atoms with E-state index in [2.05, 4.69) is 5.32 Å². The van der Waals surface area contributed by atoms with Crippen LogP contribution in [0.2, 0.25) is 0 Å². The predicted octanol–water partition coefficient (Wildman–Crippen LogP) is 2.98. The molecule has 0 spiro atoms. The summed E-state index contributed by atoms with van der Waals surface area (Å²) in [7, 11) is 1.56. The smallest absolute Gasteiger partial charge is 0.333 e. The van der Waals surface area contributed by atoms with Crippen LogP contribution in [-0.2, 0) is 41.7 Å². The molecule has 200 valence electrons. The van der Waals surface area contributed by atoms with Crippen LogP contribution in [0.3, 0.4) is 0 Å². The Morgan fingerprint density at radius 3 is 2.39 bits per heavy atom. The second kappa shape index (κ2) is 12.6. The summed E-state index contributed by atoms with van der Waals surface area (Å²) in [6.45, 7) is 1.74. The number of β-lactam (4-membered cyclic amide) rings is 1. The van der Waals surface area contributed by atoms with Crippen LogP contribution in [-0.4, -0.2) is 59.8 Å². The third-order valence-electron chi connectivity index (χ3n) is 6.21. The van der Waals surface area contributed by atoms with E-state index in [0.717, 1.165) is 11.1 Å². The maximum atomic E-state index is 13.3. The molecule has 9 nitrogen and oxygen atoms in total. The summed E-state index contributed by atoms with van der Waals surface area (Å²) in [5, 5.41) is 4.04. The van der Waals surface area contributed by atoms with E-state index in [-0.39, 0.29) is 43.8 Å². The lowest BCUT2D eigenvalue weighted by atomic mass is 9.98. The number of carbonyl (C=O) groups is 4. The summed E-state index contributed by atoms with van der Waals surface area (Å²) >= 11 is 1.30. The van der Waals surface area contributed by atoms with Crippen molar-refractivity contribution in [3.8, 4) is 5.75 Å². The lowest BCUT2D eigenvalue weighted by molar-refractivity contribution is -0.164. The lowest BCUT2D eigenvalue weighted by Gasteiger charge is -2.51. The normalized spacial score (nSPS) is 19.9. The van der Waals surface area contributed by atoms with Crippen LogP contribution in [0.4, 0.5) is 0 Å². The molecular formula is C28H30N2O7S. The summed E-state index contributed by atoms with van der Waals surface area (Å²) in [6.07, 6.45) is 1.04. The minimum atomic E-state index is -1.05. The second-order valence-corrected chi connectivity index (χ2v) is 9.93. The number of thioether (sulfide) groups is 1. The van der Waals surface area contributed by atoms with Crippen molar-refractivity contribution in [1.29, 1.82) is 0 Å². The van der Waals surface area contributed by atoms with Gasteiger partial charge in [0.15, 0.2) is 6.04 Å². The summed E-state index contributed by atoms with van der Waals surface area (Å²) < 4.78 is 16.1. The van der Waals surface area contributed by atoms with Gasteiger partial charge in [-0.3, -0.25) is 14.4 Å². The fourth-order valence-electron chi connectivity index (χ4n) is 4.22. The maximum Gasteiger partial charge on any atom is 0.333 e. The number of nitrogens with one attached hydrogen (secondary N) is 1. The van der Waals surface area contributed by atoms with Gasteiger partial charge in [0, 0.05) is 12.0 Å². The first-order valence-corrected chi connectivity index (χ1v) is 13.3. The van der Waals surface area contributed by atoms with Gasteiger partial charge in [-0.25, -0.2) is 4.79 Å². The zero-order valence-electron chi connectivity index (χ0n) is 21.3. The largest absolute Gasteiger partial charge is 0.497 e. The lowest BCUT2D eigenvalue weighted by Crippen LogP contribution is -2.74. The van der Waals surface area contributed by atoms with Gasteiger partial charge in [-0.1, -0.05) is 49.4 Å². The number of hydrogen-bond acceptors (Lipinski definition) is 8. The molecule has 0 bridgehead atoms. The number of fused-ring (bicyclic) bond motifs is 1. The van der Waals surface area contributed by atoms with Crippen LogP contribution in [0.25, 0.3) is 0 Å². The first-order chi connectivity index (χ1) is 18.4. The maximum absolute atomic E-state index is 13.3. The Bertz CT molecular complexity index is 1200. The fourth-order valence-corrected chi connectivity index (χ4v) is 5.43. The number of carbonyl (C=O) groups excluding carboxylic acids is 4. The van der Waals surface area contributed by atoms with E-state index in [4.69, 9.17) is 14.2 Å². The molecule has 2 unspecified atom stereocenters. The number of amides is 2. The number of nitrogens with zero attached hydrogens (tertiary/aromatic N) is 1. The standard InChI is InChI=1S/C28H30N2O7S/c1-3-7-23(32)36-16-20-17-38-27-24(29-22(31)14-18-8-5-4-6-9-18)26(33)30(27)25(20)28(34)37-15-19-10-12-21(35-2)13-11-19/h4-6,8-13,17,24-25,27H,3,7,14-16H2,1-2H3,(H,29,31)/t24?,25?,27-/m1/s1. The number of ether oxygens (including phenoxy) is 3. The molecule has 2 aromatic rings. The van der Waals surface area contributed by atoms with E-state index in [1.165, 1.54) is 16.7 Å². The van der Waals surface area contributed by atoms with Crippen molar-refractivity contribution in [2.45, 2.75) is 50.3 Å². The monoisotopic (exact) mass is 538 g/mol. The minimum absolute atomic E-state index is 0.000684. The molecule has 2 aliphatic heterocycles. The highest BCUT2D eigenvalue weighted by atomic mass is 32.2. The van der Waals surface area contributed by atoms with Crippen molar-refractivity contribution in [3.63, 3.8) is 0 Å². The first kappa shape index (κ1) is 27.3. The molecule has 10 heteroatoms. The van der Waals surface area contributed by atoms with Crippen molar-refractivity contribution < 1.29 is 33.4 Å². The van der Waals surface area contributed by atoms with Crippen LogP contribution < -0.4 is 10.1 Å². The highest BCUT2D eigenvalue weighted by Crippen LogP contribution is 2.40. The van der Waals surface area contributed by atoms with Gasteiger partial charge in [-0.05, 0) is 35.1 Å². The van der Waals surface area contributed by atoms with Crippen molar-refractivity contribution >= 4 is 35.5 Å². The molecule has 0 aliphatic carbocycles. The number of hydrogen-bond donors (Lipinski definition) is 1. The molecule has 2 aromatic carbocycles. The Balaban J connectivity index is 1.45. The predicted molar refractivity (Wildman–Crippen MR) is 141 cm³/mol. The summed E-state index contributed by atoms with van der Waals surface area (Å²) in [5.74, 6) is -1.01. The number of benzene rings is 2. The van der Waals surface area contributed by atoms with Crippen LogP contribution in [0, 0.1) is 0 Å². The highest BCUT2D eigenvalue weighted by Gasteiger charge is 2.56. The summed E-state index contributed by atoms with van der Waals surface area (Å²) in [6, 6.07) is 14.5. The third-order valence-corrected chi connectivity index (χ3v) is 7.43. The third kappa shape index (κ3) is 6.36. The van der Waals surface area contributed by atoms with E-state index < -0.39 is 23.4 Å². The van der Waals surface area contributed by atoms with Crippen molar-refractivity contribution in [2.24, 2.45) is 0 Å². The van der Waals surface area contributed by atoms with Crippen LogP contribution in [0.5, 0.6) is 5.75 Å². The average Bonchev–Trinajstić information content (AvgIpc) is 2.94. The van der Waals surface area contributed by atoms with Gasteiger partial charge >= 0.3 is 11.9 Å². The SMILES string of the molecule is CCCC(=O)OCC1=CS[C@@H]2C(NC(=O)Cc3ccccc3)C(=O)N2C1C(=O)OCc1ccc(OC)cc1. The summed E-state index contributed by atoms with van der Waals surface area (Å²) in [4.78, 5) is 52.4. The Labute approximate surface area is 225 Å². The van der Waals surface area contributed by atoms with E-state index in [1.807, 2.05) is 37.3 Å². The van der Waals surface area contributed by atoms with Crippen molar-refractivity contribution in [1.82, 2.24) is 10.2 Å². The molecule has 38 heavy (non-hydrogen) atoms. The molecule has 2 aliphatic rings. The molecule has 1 N–H and O–H groups in total. The Hall–Kier alpha value is -3.79. The van der Waals surface area contributed by atoms with E-state index in [0.29, 0.717) is 17.7 Å². The number of rotatable bonds is 11. The van der Waals surface area contributed by atoms with E-state index in [9.17, 15) is 19.2 Å². The molecule has 2 heterocycles. The fraction of sp³-hybridized carbons (Fsp3) is 0.357. The summed E-state index contributed by atoms with van der Waals surface area (Å²) in [5.41, 5.74) is 2.04.